The average Bonchev–Trinajstić information content (AvgIpc) is 3.22. The minimum Gasteiger partial charge on any atom is -0.322 e. The highest BCUT2D eigenvalue weighted by molar-refractivity contribution is 7.98. The number of nitrogens with one attached hydrogen (secondary N) is 2. The van der Waals surface area contributed by atoms with Gasteiger partial charge in [-0.05, 0) is 42.0 Å². The van der Waals surface area contributed by atoms with E-state index in [1.165, 1.54) is 30.2 Å². The third-order valence-electron chi connectivity index (χ3n) is 4.25. The summed E-state index contributed by atoms with van der Waals surface area (Å²) in [4.78, 5) is 20.8. The normalized spacial score (nSPS) is 11.6. The quantitative estimate of drug-likeness (QED) is 0.348. The van der Waals surface area contributed by atoms with E-state index in [1.807, 2.05) is 6.07 Å². The van der Waals surface area contributed by atoms with Gasteiger partial charge in [0.2, 0.25) is 0 Å². The molecular formula is C20H14F3N5OS. The van der Waals surface area contributed by atoms with Crippen molar-refractivity contribution in [1.29, 1.82) is 0 Å². The van der Waals surface area contributed by atoms with E-state index in [-0.39, 0.29) is 5.69 Å². The van der Waals surface area contributed by atoms with Crippen molar-refractivity contribution in [2.75, 3.05) is 5.32 Å². The first-order valence-electron chi connectivity index (χ1n) is 8.74. The molecule has 10 heteroatoms. The lowest BCUT2D eigenvalue weighted by atomic mass is 10.1. The lowest BCUT2D eigenvalue weighted by Gasteiger charge is -2.09. The molecular weight excluding hydrogens is 415 g/mol. The fraction of sp³-hybridized carbons (Fsp3) is 0.100. The van der Waals surface area contributed by atoms with E-state index in [9.17, 15) is 18.0 Å². The Labute approximate surface area is 172 Å². The van der Waals surface area contributed by atoms with Crippen LogP contribution in [-0.2, 0) is 11.9 Å². The number of aromatic amines is 1. The molecule has 2 aromatic heterocycles. The van der Waals surface area contributed by atoms with Crippen molar-refractivity contribution < 1.29 is 18.0 Å². The molecule has 0 bridgehead atoms. The molecule has 0 aliphatic heterocycles. The van der Waals surface area contributed by atoms with E-state index >= 15 is 0 Å². The standard InChI is InChI=1S/C20H14F3N5OS/c21-20(22,23)14-4-6-15(7-5-14)27-18(29)13-3-1-2-12(8-13)10-30-19-16-9-26-28-17(16)24-11-25-19/h1-9,11H,10H2,(H,27,29)(H,24,25,26,28). The predicted molar refractivity (Wildman–Crippen MR) is 107 cm³/mol. The molecule has 2 aromatic carbocycles. The number of anilines is 1. The lowest BCUT2D eigenvalue weighted by molar-refractivity contribution is -0.137. The summed E-state index contributed by atoms with van der Waals surface area (Å²) in [5.41, 5.74) is 1.48. The second-order valence-corrected chi connectivity index (χ2v) is 7.29. The molecule has 0 atom stereocenters. The molecule has 6 nitrogen and oxygen atoms in total. The van der Waals surface area contributed by atoms with Crippen LogP contribution in [0, 0.1) is 0 Å². The minimum absolute atomic E-state index is 0.288. The molecule has 0 saturated carbocycles. The van der Waals surface area contributed by atoms with Crippen molar-refractivity contribution in [2.45, 2.75) is 17.0 Å². The van der Waals surface area contributed by atoms with Gasteiger partial charge in [-0.1, -0.05) is 12.1 Å². The number of nitrogens with zero attached hydrogens (tertiary/aromatic N) is 3. The molecule has 0 aliphatic rings. The van der Waals surface area contributed by atoms with Crippen molar-refractivity contribution in [3.63, 3.8) is 0 Å². The molecule has 0 radical (unpaired) electrons. The number of thioether (sulfide) groups is 1. The summed E-state index contributed by atoms with van der Waals surface area (Å²) in [6.07, 6.45) is -1.30. The Bertz CT molecular complexity index is 1190. The number of hydrogen-bond donors (Lipinski definition) is 2. The number of carbonyl (C=O) groups excluding carboxylic acids is 1. The van der Waals surface area contributed by atoms with Crippen LogP contribution in [0.2, 0.25) is 0 Å². The zero-order chi connectivity index (χ0) is 21.1. The molecule has 0 aliphatic carbocycles. The number of hydrogen-bond acceptors (Lipinski definition) is 5. The van der Waals surface area contributed by atoms with Crippen LogP contribution in [0.25, 0.3) is 11.0 Å². The summed E-state index contributed by atoms with van der Waals surface area (Å²) in [6, 6.07) is 11.3. The Balaban J connectivity index is 1.43. The minimum atomic E-state index is -4.42. The lowest BCUT2D eigenvalue weighted by Crippen LogP contribution is -2.12. The Hall–Kier alpha value is -3.40. The summed E-state index contributed by atoms with van der Waals surface area (Å²) in [5, 5.41) is 10.9. The van der Waals surface area contributed by atoms with Gasteiger partial charge in [-0.15, -0.1) is 11.8 Å². The highest BCUT2D eigenvalue weighted by Crippen LogP contribution is 2.30. The van der Waals surface area contributed by atoms with Crippen LogP contribution in [0.5, 0.6) is 0 Å². The molecule has 30 heavy (non-hydrogen) atoms. The molecule has 152 valence electrons. The third-order valence-corrected chi connectivity index (χ3v) is 5.32. The van der Waals surface area contributed by atoms with Gasteiger partial charge in [-0.2, -0.15) is 18.3 Å². The monoisotopic (exact) mass is 429 g/mol. The van der Waals surface area contributed by atoms with Crippen molar-refractivity contribution in [2.24, 2.45) is 0 Å². The average molecular weight is 429 g/mol. The number of carbonyl (C=O) groups is 1. The van der Waals surface area contributed by atoms with E-state index in [0.29, 0.717) is 17.0 Å². The SMILES string of the molecule is O=C(Nc1ccc(C(F)(F)F)cc1)c1cccc(CSc2ncnc3[nH]ncc23)c1. The van der Waals surface area contributed by atoms with Crippen molar-refractivity contribution in [3.8, 4) is 0 Å². The first kappa shape index (κ1) is 19.9. The number of amides is 1. The van der Waals surface area contributed by atoms with Gasteiger partial charge in [0.05, 0.1) is 17.1 Å². The second kappa shape index (κ2) is 8.15. The molecule has 2 N–H and O–H groups in total. The summed E-state index contributed by atoms with van der Waals surface area (Å²) < 4.78 is 38.0. The number of alkyl halides is 3. The van der Waals surface area contributed by atoms with Gasteiger partial charge >= 0.3 is 6.18 Å². The van der Waals surface area contributed by atoms with E-state index in [2.05, 4.69) is 25.5 Å². The first-order valence-corrected chi connectivity index (χ1v) is 9.73. The van der Waals surface area contributed by atoms with E-state index < -0.39 is 17.6 Å². The number of fused-ring (bicyclic) bond motifs is 1. The summed E-state index contributed by atoms with van der Waals surface area (Å²) >= 11 is 1.49. The molecule has 0 saturated heterocycles. The smallest absolute Gasteiger partial charge is 0.322 e. The van der Waals surface area contributed by atoms with Gasteiger partial charge in [-0.25, -0.2) is 9.97 Å². The molecule has 4 rings (SSSR count). The highest BCUT2D eigenvalue weighted by atomic mass is 32.2. The van der Waals surface area contributed by atoms with Gasteiger partial charge < -0.3 is 5.32 Å². The molecule has 2 heterocycles. The van der Waals surface area contributed by atoms with Crippen LogP contribution < -0.4 is 5.32 Å². The summed E-state index contributed by atoms with van der Waals surface area (Å²) in [5.74, 6) is 0.166. The van der Waals surface area contributed by atoms with Crippen LogP contribution in [0.4, 0.5) is 18.9 Å². The molecule has 1 amide bonds. The number of halogens is 3. The Morgan fingerprint density at radius 2 is 1.90 bits per heavy atom. The number of H-pyrrole nitrogens is 1. The van der Waals surface area contributed by atoms with Crippen molar-refractivity contribution in [1.82, 2.24) is 20.2 Å². The van der Waals surface area contributed by atoms with E-state index in [1.54, 1.807) is 24.4 Å². The maximum atomic E-state index is 12.7. The predicted octanol–water partition coefficient (Wildman–Crippen LogP) is 4.92. The van der Waals surface area contributed by atoms with Gasteiger partial charge in [0.25, 0.3) is 5.91 Å². The van der Waals surface area contributed by atoms with Crippen LogP contribution >= 0.6 is 11.8 Å². The van der Waals surface area contributed by atoms with Crippen LogP contribution in [0.3, 0.4) is 0 Å². The molecule has 0 fully saturated rings. The van der Waals surface area contributed by atoms with Gasteiger partial charge in [0.1, 0.15) is 11.4 Å². The Kier molecular flexibility index (Phi) is 5.40. The third kappa shape index (κ3) is 4.43. The van der Waals surface area contributed by atoms with Crippen LogP contribution in [0.15, 0.2) is 66.1 Å². The topological polar surface area (TPSA) is 83.6 Å². The molecule has 4 aromatic rings. The number of rotatable bonds is 5. The fourth-order valence-corrected chi connectivity index (χ4v) is 3.67. The second-order valence-electron chi connectivity index (χ2n) is 6.33. The van der Waals surface area contributed by atoms with Crippen LogP contribution in [-0.4, -0.2) is 26.1 Å². The first-order chi connectivity index (χ1) is 14.4. The summed E-state index contributed by atoms with van der Waals surface area (Å²) in [7, 11) is 0. The number of benzene rings is 2. The van der Waals surface area contributed by atoms with E-state index in [4.69, 9.17) is 0 Å². The van der Waals surface area contributed by atoms with E-state index in [0.717, 1.165) is 28.1 Å². The van der Waals surface area contributed by atoms with Crippen molar-refractivity contribution in [3.05, 3.63) is 77.7 Å². The zero-order valence-corrected chi connectivity index (χ0v) is 16.1. The molecule has 0 spiro atoms. The maximum absolute atomic E-state index is 12.7. The Morgan fingerprint density at radius 1 is 1.10 bits per heavy atom. The number of aromatic nitrogens is 4. The van der Waals surface area contributed by atoms with Crippen LogP contribution in [0.1, 0.15) is 21.5 Å². The van der Waals surface area contributed by atoms with Gasteiger partial charge in [0.15, 0.2) is 5.65 Å². The Morgan fingerprint density at radius 3 is 2.67 bits per heavy atom. The van der Waals surface area contributed by atoms with Gasteiger partial charge in [0, 0.05) is 17.0 Å². The molecule has 0 unspecified atom stereocenters. The fourth-order valence-electron chi connectivity index (χ4n) is 2.76. The van der Waals surface area contributed by atoms with Crippen molar-refractivity contribution >= 4 is 34.4 Å². The zero-order valence-electron chi connectivity index (χ0n) is 15.3. The summed E-state index contributed by atoms with van der Waals surface area (Å²) in [6.45, 7) is 0. The highest BCUT2D eigenvalue weighted by Gasteiger charge is 2.30. The van der Waals surface area contributed by atoms with Gasteiger partial charge in [-0.3, -0.25) is 9.89 Å². The maximum Gasteiger partial charge on any atom is 0.416 e. The largest absolute Gasteiger partial charge is 0.416 e.